The molecule has 1 aliphatic heterocycles. The van der Waals surface area contributed by atoms with Crippen molar-refractivity contribution in [1.82, 2.24) is 0 Å². The van der Waals surface area contributed by atoms with Crippen LogP contribution in [0.2, 0.25) is 0 Å². The minimum atomic E-state index is -1.08. The molecule has 0 radical (unpaired) electrons. The molecule has 1 aromatic heterocycles. The lowest BCUT2D eigenvalue weighted by Gasteiger charge is -2.14. The second-order valence-electron chi connectivity index (χ2n) is 5.75. The number of nitrogens with one attached hydrogen (secondary N) is 1. The molecule has 27 heavy (non-hydrogen) atoms. The first kappa shape index (κ1) is 18.8. The van der Waals surface area contributed by atoms with Crippen molar-refractivity contribution in [3.8, 4) is 17.2 Å². The zero-order valence-electron chi connectivity index (χ0n) is 14.7. The van der Waals surface area contributed by atoms with Gasteiger partial charge in [0.05, 0.1) is 19.3 Å². The highest BCUT2D eigenvalue weighted by Gasteiger charge is 2.25. The normalized spacial score (nSPS) is 12.3. The third-order valence-electron chi connectivity index (χ3n) is 3.94. The van der Waals surface area contributed by atoms with E-state index in [2.05, 4.69) is 5.32 Å². The fraction of sp³-hybridized carbons (Fsp3) is 0.263. The number of methoxy groups -OCH3 is 1. The third kappa shape index (κ3) is 4.59. The van der Waals surface area contributed by atoms with E-state index >= 15 is 0 Å². The van der Waals surface area contributed by atoms with Crippen LogP contribution < -0.4 is 19.5 Å². The minimum absolute atomic E-state index is 0.0266. The van der Waals surface area contributed by atoms with Crippen LogP contribution in [0, 0.1) is 0 Å². The largest absolute Gasteiger partial charge is 0.492 e. The van der Waals surface area contributed by atoms with Gasteiger partial charge in [-0.2, -0.15) is 0 Å². The number of hydrogen-bond acceptors (Lipinski definition) is 7. The number of anilines is 1. The van der Waals surface area contributed by atoms with Gasteiger partial charge in [0.25, 0.3) is 0 Å². The molecule has 8 heteroatoms. The van der Waals surface area contributed by atoms with Gasteiger partial charge in [-0.1, -0.05) is 6.07 Å². The summed E-state index contributed by atoms with van der Waals surface area (Å²) in [6.45, 7) is 0.161. The standard InChI is InChI=1S/C19H19NO6S/c1-24-17-12(4-7-16(22)23)9-15(18-19(17)26-11-25-18)20-10-13(21)5-6-14-3-2-8-27-14/h2-4,7-9,20H,5-6,10-11H2,1H3,(H,22,23)/b7-4+. The van der Waals surface area contributed by atoms with E-state index in [1.807, 2.05) is 17.5 Å². The second kappa shape index (κ2) is 8.59. The molecule has 1 aromatic carbocycles. The summed E-state index contributed by atoms with van der Waals surface area (Å²) in [6.07, 6.45) is 3.57. The smallest absolute Gasteiger partial charge is 0.328 e. The van der Waals surface area contributed by atoms with Gasteiger partial charge in [0.15, 0.2) is 17.3 Å². The summed E-state index contributed by atoms with van der Waals surface area (Å²) in [7, 11) is 1.47. The average molecular weight is 389 g/mol. The number of carboxylic acids is 1. The second-order valence-corrected chi connectivity index (χ2v) is 6.79. The lowest BCUT2D eigenvalue weighted by Crippen LogP contribution is -2.14. The molecule has 3 rings (SSSR count). The van der Waals surface area contributed by atoms with Gasteiger partial charge in [-0.15, -0.1) is 11.3 Å². The Morgan fingerprint density at radius 3 is 2.89 bits per heavy atom. The Bertz CT molecular complexity index is 860. The van der Waals surface area contributed by atoms with Crippen molar-refractivity contribution in [1.29, 1.82) is 0 Å². The molecule has 2 heterocycles. The molecule has 7 nitrogen and oxygen atoms in total. The maximum Gasteiger partial charge on any atom is 0.328 e. The lowest BCUT2D eigenvalue weighted by atomic mass is 10.1. The van der Waals surface area contributed by atoms with Crippen LogP contribution in [0.15, 0.2) is 29.7 Å². The van der Waals surface area contributed by atoms with Gasteiger partial charge in [-0.25, -0.2) is 4.79 Å². The molecule has 0 bridgehead atoms. The maximum absolute atomic E-state index is 12.2. The van der Waals surface area contributed by atoms with Crippen LogP contribution in [0.3, 0.4) is 0 Å². The Balaban J connectivity index is 1.74. The molecule has 1 aliphatic rings. The van der Waals surface area contributed by atoms with Crippen LogP contribution in [-0.2, 0) is 16.0 Å². The number of aliphatic carboxylic acids is 1. The Labute approximate surface area is 160 Å². The Hall–Kier alpha value is -3.00. The van der Waals surface area contributed by atoms with Crippen LogP contribution in [0.1, 0.15) is 16.9 Å². The van der Waals surface area contributed by atoms with Gasteiger partial charge < -0.3 is 24.6 Å². The van der Waals surface area contributed by atoms with E-state index < -0.39 is 5.97 Å². The zero-order chi connectivity index (χ0) is 19.2. The van der Waals surface area contributed by atoms with Crippen molar-refractivity contribution < 1.29 is 28.9 Å². The highest BCUT2D eigenvalue weighted by molar-refractivity contribution is 7.09. The highest BCUT2D eigenvalue weighted by Crippen LogP contribution is 2.48. The fourth-order valence-corrected chi connectivity index (χ4v) is 3.40. The van der Waals surface area contributed by atoms with Crippen molar-refractivity contribution in [3.63, 3.8) is 0 Å². The van der Waals surface area contributed by atoms with Crippen LogP contribution in [0.5, 0.6) is 17.2 Å². The molecule has 2 aromatic rings. The predicted molar refractivity (Wildman–Crippen MR) is 102 cm³/mol. The summed E-state index contributed by atoms with van der Waals surface area (Å²) in [5.74, 6) is 0.209. The van der Waals surface area contributed by atoms with Crippen molar-refractivity contribution in [2.45, 2.75) is 12.8 Å². The molecule has 0 atom stereocenters. The zero-order valence-corrected chi connectivity index (χ0v) is 15.5. The Morgan fingerprint density at radius 1 is 1.37 bits per heavy atom. The molecule has 0 unspecified atom stereocenters. The lowest BCUT2D eigenvalue weighted by molar-refractivity contribution is -0.131. The summed E-state index contributed by atoms with van der Waals surface area (Å²) >= 11 is 1.63. The molecule has 2 N–H and O–H groups in total. The number of fused-ring (bicyclic) bond motifs is 1. The maximum atomic E-state index is 12.2. The number of thiophene rings is 1. The number of hydrogen-bond donors (Lipinski definition) is 2. The first-order chi connectivity index (χ1) is 13.1. The van der Waals surface area contributed by atoms with Gasteiger partial charge >= 0.3 is 5.97 Å². The quantitative estimate of drug-likeness (QED) is 0.636. The molecule has 0 amide bonds. The van der Waals surface area contributed by atoms with Gasteiger partial charge in [0, 0.05) is 22.9 Å². The van der Waals surface area contributed by atoms with E-state index in [1.165, 1.54) is 18.1 Å². The van der Waals surface area contributed by atoms with Gasteiger partial charge in [-0.05, 0) is 30.0 Å². The summed E-state index contributed by atoms with van der Waals surface area (Å²) in [5.41, 5.74) is 1.07. The molecule has 0 saturated carbocycles. The van der Waals surface area contributed by atoms with E-state index in [0.717, 1.165) is 6.08 Å². The van der Waals surface area contributed by atoms with E-state index in [-0.39, 0.29) is 19.1 Å². The number of Topliss-reactive ketones (excluding diaryl/α,β-unsaturated/α-hetero) is 1. The van der Waals surface area contributed by atoms with E-state index in [9.17, 15) is 9.59 Å². The van der Waals surface area contributed by atoms with Gasteiger partial charge in [0.1, 0.15) is 0 Å². The van der Waals surface area contributed by atoms with E-state index in [4.69, 9.17) is 19.3 Å². The van der Waals surface area contributed by atoms with Crippen molar-refractivity contribution in [3.05, 3.63) is 40.1 Å². The van der Waals surface area contributed by atoms with Crippen molar-refractivity contribution in [2.24, 2.45) is 0 Å². The number of benzene rings is 1. The topological polar surface area (TPSA) is 94.1 Å². The van der Waals surface area contributed by atoms with E-state index in [1.54, 1.807) is 17.4 Å². The SMILES string of the molecule is COc1c(/C=C/C(=O)O)cc(NCC(=O)CCc2cccs2)c2c1OCO2. The number of rotatable bonds is 9. The molecular weight excluding hydrogens is 370 g/mol. The van der Waals surface area contributed by atoms with Crippen molar-refractivity contribution >= 4 is 34.9 Å². The van der Waals surface area contributed by atoms with Crippen LogP contribution in [-0.4, -0.2) is 37.3 Å². The van der Waals surface area contributed by atoms with Crippen LogP contribution >= 0.6 is 11.3 Å². The number of carbonyl (C=O) groups excluding carboxylic acids is 1. The number of carboxylic acid groups (broad SMARTS) is 1. The summed E-state index contributed by atoms with van der Waals surface area (Å²) < 4.78 is 16.3. The first-order valence-electron chi connectivity index (χ1n) is 8.28. The Kier molecular flexibility index (Phi) is 5.97. The third-order valence-corrected chi connectivity index (χ3v) is 4.88. The predicted octanol–water partition coefficient (Wildman–Crippen LogP) is 3.20. The molecule has 142 valence electrons. The molecular formula is C19H19NO6S. The Morgan fingerprint density at radius 2 is 2.19 bits per heavy atom. The molecule has 0 fully saturated rings. The van der Waals surface area contributed by atoms with Crippen molar-refractivity contribution in [2.75, 3.05) is 25.8 Å². The summed E-state index contributed by atoms with van der Waals surface area (Å²) in [4.78, 5) is 24.2. The average Bonchev–Trinajstić information content (AvgIpc) is 3.34. The fourth-order valence-electron chi connectivity index (χ4n) is 2.69. The number of ketones is 1. The number of ether oxygens (including phenoxy) is 3. The molecule has 0 aliphatic carbocycles. The first-order valence-corrected chi connectivity index (χ1v) is 9.16. The number of carbonyl (C=O) groups is 2. The van der Waals surface area contributed by atoms with E-state index in [0.29, 0.717) is 41.3 Å². The van der Waals surface area contributed by atoms with Crippen LogP contribution in [0.4, 0.5) is 5.69 Å². The summed E-state index contributed by atoms with van der Waals surface area (Å²) in [5, 5.41) is 13.9. The summed E-state index contributed by atoms with van der Waals surface area (Å²) in [6, 6.07) is 5.65. The van der Waals surface area contributed by atoms with Crippen LogP contribution in [0.25, 0.3) is 6.08 Å². The molecule has 0 saturated heterocycles. The van der Waals surface area contributed by atoms with Gasteiger partial charge in [0.2, 0.25) is 12.5 Å². The minimum Gasteiger partial charge on any atom is -0.492 e. The van der Waals surface area contributed by atoms with Gasteiger partial charge in [-0.3, -0.25) is 4.79 Å². The molecule has 0 spiro atoms. The monoisotopic (exact) mass is 389 g/mol. The number of aryl methyl sites for hydroxylation is 1. The highest BCUT2D eigenvalue weighted by atomic mass is 32.1.